The Morgan fingerprint density at radius 1 is 1.00 bits per heavy atom. The summed E-state index contributed by atoms with van der Waals surface area (Å²) in [7, 11) is 0. The zero-order valence-electron chi connectivity index (χ0n) is 15.2. The molecule has 0 bridgehead atoms. The quantitative estimate of drug-likeness (QED) is 0.384. The zero-order chi connectivity index (χ0) is 20.6. The topological polar surface area (TPSA) is 62.1 Å². The van der Waals surface area contributed by atoms with E-state index in [-0.39, 0.29) is 12.2 Å². The minimum atomic E-state index is -0.492. The first-order valence-electron chi connectivity index (χ1n) is 8.71. The van der Waals surface area contributed by atoms with Crippen LogP contribution < -0.4 is 10.1 Å². The van der Waals surface area contributed by atoms with Crippen LogP contribution in [0.5, 0.6) is 5.75 Å². The molecule has 6 heteroatoms. The van der Waals surface area contributed by atoms with Crippen LogP contribution in [0.1, 0.15) is 11.1 Å². The van der Waals surface area contributed by atoms with E-state index in [9.17, 15) is 10.1 Å². The molecular weight excluding hydrogens is 407 g/mol. The van der Waals surface area contributed by atoms with E-state index in [0.717, 1.165) is 5.56 Å². The predicted octanol–water partition coefficient (Wildman–Crippen LogP) is 6.12. The van der Waals surface area contributed by atoms with Crippen molar-refractivity contribution in [1.82, 2.24) is 0 Å². The van der Waals surface area contributed by atoms with Crippen molar-refractivity contribution in [3.63, 3.8) is 0 Å². The number of ether oxygens (including phenoxy) is 1. The van der Waals surface area contributed by atoms with E-state index in [4.69, 9.17) is 27.9 Å². The van der Waals surface area contributed by atoms with Gasteiger partial charge in [0.15, 0.2) is 0 Å². The normalized spacial score (nSPS) is 10.9. The highest BCUT2D eigenvalue weighted by Gasteiger charge is 2.11. The molecule has 3 aromatic rings. The standard InChI is InChI=1S/C23H16Cl2N2O2/c24-20-9-5-4-6-17(20)15-29-22-11-10-16(13-21(22)25)12-18(14-26)23(28)27-19-7-2-1-3-8-19/h1-13H,15H2,(H,27,28)/b18-12+. The van der Waals surface area contributed by atoms with Crippen molar-refractivity contribution in [2.75, 3.05) is 5.32 Å². The fourth-order valence-corrected chi connectivity index (χ4v) is 2.96. The first-order chi connectivity index (χ1) is 14.1. The van der Waals surface area contributed by atoms with Crippen LogP contribution >= 0.6 is 23.2 Å². The summed E-state index contributed by atoms with van der Waals surface area (Å²) < 4.78 is 5.74. The molecule has 1 N–H and O–H groups in total. The molecule has 4 nitrogen and oxygen atoms in total. The minimum Gasteiger partial charge on any atom is -0.487 e. The van der Waals surface area contributed by atoms with Gasteiger partial charge in [-0.05, 0) is 42.0 Å². The number of para-hydroxylation sites is 1. The van der Waals surface area contributed by atoms with E-state index in [1.54, 1.807) is 48.5 Å². The van der Waals surface area contributed by atoms with Gasteiger partial charge >= 0.3 is 0 Å². The number of halogens is 2. The third kappa shape index (κ3) is 5.61. The maximum atomic E-state index is 12.3. The minimum absolute atomic E-state index is 0.0327. The third-order valence-electron chi connectivity index (χ3n) is 4.00. The van der Waals surface area contributed by atoms with Gasteiger partial charge in [0, 0.05) is 16.3 Å². The van der Waals surface area contributed by atoms with Crippen LogP contribution in [0.4, 0.5) is 5.69 Å². The zero-order valence-corrected chi connectivity index (χ0v) is 16.7. The van der Waals surface area contributed by atoms with Gasteiger partial charge in [0.1, 0.15) is 24.0 Å². The van der Waals surface area contributed by atoms with Gasteiger partial charge in [-0.2, -0.15) is 5.26 Å². The molecule has 0 atom stereocenters. The molecule has 0 heterocycles. The number of carbonyl (C=O) groups is 1. The smallest absolute Gasteiger partial charge is 0.266 e. The molecule has 1 amide bonds. The van der Waals surface area contributed by atoms with Crippen LogP contribution in [0, 0.1) is 11.3 Å². The number of benzene rings is 3. The molecule has 29 heavy (non-hydrogen) atoms. The lowest BCUT2D eigenvalue weighted by atomic mass is 10.1. The molecule has 0 aliphatic heterocycles. The fraction of sp³-hybridized carbons (Fsp3) is 0.0435. The molecule has 0 unspecified atom stereocenters. The Bertz CT molecular complexity index is 1090. The van der Waals surface area contributed by atoms with E-state index in [0.29, 0.717) is 27.0 Å². The van der Waals surface area contributed by atoms with E-state index >= 15 is 0 Å². The number of nitrogens with zero attached hydrogens (tertiary/aromatic N) is 1. The predicted molar refractivity (Wildman–Crippen MR) is 116 cm³/mol. The number of carbonyl (C=O) groups excluding carboxylic acids is 1. The van der Waals surface area contributed by atoms with E-state index in [2.05, 4.69) is 5.32 Å². The van der Waals surface area contributed by atoms with Gasteiger partial charge in [-0.25, -0.2) is 0 Å². The van der Waals surface area contributed by atoms with Gasteiger partial charge in [-0.15, -0.1) is 0 Å². The SMILES string of the molecule is N#C/C(=C\c1ccc(OCc2ccccc2Cl)c(Cl)c1)C(=O)Nc1ccccc1. The lowest BCUT2D eigenvalue weighted by molar-refractivity contribution is -0.112. The Hall–Kier alpha value is -3.26. The Labute approximate surface area is 179 Å². The van der Waals surface area contributed by atoms with Crippen LogP contribution in [0.25, 0.3) is 6.08 Å². The van der Waals surface area contributed by atoms with Crippen molar-refractivity contribution >= 4 is 40.9 Å². The highest BCUT2D eigenvalue weighted by Crippen LogP contribution is 2.28. The van der Waals surface area contributed by atoms with Gasteiger partial charge < -0.3 is 10.1 Å². The fourth-order valence-electron chi connectivity index (χ4n) is 2.53. The van der Waals surface area contributed by atoms with Gasteiger partial charge in [0.25, 0.3) is 5.91 Å². The Balaban J connectivity index is 1.72. The molecule has 0 saturated heterocycles. The number of nitrogens with one attached hydrogen (secondary N) is 1. The monoisotopic (exact) mass is 422 g/mol. The lowest BCUT2D eigenvalue weighted by Crippen LogP contribution is -2.13. The third-order valence-corrected chi connectivity index (χ3v) is 4.67. The maximum Gasteiger partial charge on any atom is 0.266 e. The average molecular weight is 423 g/mol. The van der Waals surface area contributed by atoms with Crippen LogP contribution in [0.3, 0.4) is 0 Å². The van der Waals surface area contributed by atoms with E-state index in [1.807, 2.05) is 30.3 Å². The van der Waals surface area contributed by atoms with Crippen molar-refractivity contribution in [1.29, 1.82) is 5.26 Å². The number of rotatable bonds is 6. The summed E-state index contributed by atoms with van der Waals surface area (Å²) in [4.78, 5) is 12.3. The number of nitriles is 1. The molecule has 0 aromatic heterocycles. The Morgan fingerprint density at radius 2 is 1.72 bits per heavy atom. The molecule has 0 radical (unpaired) electrons. The van der Waals surface area contributed by atoms with Crippen LogP contribution in [0.2, 0.25) is 10.0 Å². The molecule has 144 valence electrons. The van der Waals surface area contributed by atoms with Crippen molar-refractivity contribution in [3.05, 3.63) is 99.5 Å². The molecule has 0 aliphatic carbocycles. The molecule has 3 rings (SSSR count). The Kier molecular flexibility index (Phi) is 6.91. The van der Waals surface area contributed by atoms with Crippen molar-refractivity contribution in [2.45, 2.75) is 6.61 Å². The maximum absolute atomic E-state index is 12.3. The second-order valence-electron chi connectivity index (χ2n) is 6.06. The Morgan fingerprint density at radius 3 is 2.41 bits per heavy atom. The number of anilines is 1. The molecular formula is C23H16Cl2N2O2. The van der Waals surface area contributed by atoms with Crippen molar-refractivity contribution in [3.8, 4) is 11.8 Å². The first kappa shape index (κ1) is 20.5. The molecule has 0 fully saturated rings. The molecule has 0 spiro atoms. The van der Waals surface area contributed by atoms with Crippen LogP contribution in [0.15, 0.2) is 78.4 Å². The van der Waals surface area contributed by atoms with Gasteiger partial charge in [-0.3, -0.25) is 4.79 Å². The molecule has 0 aliphatic rings. The van der Waals surface area contributed by atoms with E-state index in [1.165, 1.54) is 6.08 Å². The molecule has 0 saturated carbocycles. The second-order valence-corrected chi connectivity index (χ2v) is 6.87. The first-order valence-corrected chi connectivity index (χ1v) is 9.46. The largest absolute Gasteiger partial charge is 0.487 e. The number of hydrogen-bond acceptors (Lipinski definition) is 3. The number of hydrogen-bond donors (Lipinski definition) is 1. The van der Waals surface area contributed by atoms with Gasteiger partial charge in [-0.1, -0.05) is 65.7 Å². The summed E-state index contributed by atoms with van der Waals surface area (Å²) in [6, 6.07) is 23.3. The summed E-state index contributed by atoms with van der Waals surface area (Å²) in [5.74, 6) is -0.00940. The van der Waals surface area contributed by atoms with E-state index < -0.39 is 5.91 Å². The molecule has 3 aromatic carbocycles. The highest BCUT2D eigenvalue weighted by atomic mass is 35.5. The summed E-state index contributed by atoms with van der Waals surface area (Å²) >= 11 is 12.4. The van der Waals surface area contributed by atoms with Gasteiger partial charge in [0.2, 0.25) is 0 Å². The lowest BCUT2D eigenvalue weighted by Gasteiger charge is -2.10. The summed E-state index contributed by atoms with van der Waals surface area (Å²) in [5, 5.41) is 13.0. The van der Waals surface area contributed by atoms with Crippen molar-refractivity contribution < 1.29 is 9.53 Å². The highest BCUT2D eigenvalue weighted by molar-refractivity contribution is 6.32. The average Bonchev–Trinajstić information content (AvgIpc) is 2.73. The summed E-state index contributed by atoms with van der Waals surface area (Å²) in [5.41, 5.74) is 2.04. The van der Waals surface area contributed by atoms with Gasteiger partial charge in [0.05, 0.1) is 5.02 Å². The van der Waals surface area contributed by atoms with Crippen molar-refractivity contribution in [2.24, 2.45) is 0 Å². The number of amides is 1. The van der Waals surface area contributed by atoms with Crippen LogP contribution in [-0.2, 0) is 11.4 Å². The summed E-state index contributed by atoms with van der Waals surface area (Å²) in [6.45, 7) is 0.275. The second kappa shape index (κ2) is 9.79. The summed E-state index contributed by atoms with van der Waals surface area (Å²) in [6.07, 6.45) is 1.47. The van der Waals surface area contributed by atoms with Crippen LogP contribution in [-0.4, -0.2) is 5.91 Å².